The van der Waals surface area contributed by atoms with Crippen molar-refractivity contribution in [1.82, 2.24) is 15.2 Å². The zero-order chi connectivity index (χ0) is 20.7. The van der Waals surface area contributed by atoms with Gasteiger partial charge in [0.2, 0.25) is 0 Å². The molecule has 1 unspecified atom stereocenters. The third-order valence-corrected chi connectivity index (χ3v) is 6.70. The van der Waals surface area contributed by atoms with E-state index in [0.29, 0.717) is 6.42 Å². The van der Waals surface area contributed by atoms with Crippen molar-refractivity contribution < 1.29 is 5.11 Å². The predicted octanol–water partition coefficient (Wildman–Crippen LogP) is 6.16. The topological polar surface area (TPSA) is 62.4 Å². The number of para-hydroxylation sites is 1. The Morgan fingerprint density at radius 1 is 1.13 bits per heavy atom. The molecule has 0 amide bonds. The molecule has 0 fully saturated rings. The van der Waals surface area contributed by atoms with Gasteiger partial charge < -0.3 is 10.5 Å². The Kier molecular flexibility index (Phi) is 5.10. The lowest BCUT2D eigenvalue weighted by molar-refractivity contribution is 0.474. The van der Waals surface area contributed by atoms with Gasteiger partial charge >= 0.3 is 0 Å². The van der Waals surface area contributed by atoms with Crippen molar-refractivity contribution in [2.45, 2.75) is 12.5 Å². The lowest BCUT2D eigenvalue weighted by Gasteiger charge is -2.09. The van der Waals surface area contributed by atoms with E-state index in [0.717, 1.165) is 41.9 Å². The summed E-state index contributed by atoms with van der Waals surface area (Å²) in [6.07, 6.45) is 2.67. The summed E-state index contributed by atoms with van der Waals surface area (Å²) in [6, 6.07) is 19.2. The first-order valence-corrected chi connectivity index (χ1v) is 11.3. The summed E-state index contributed by atoms with van der Waals surface area (Å²) >= 11 is 11.2. The number of thiophene rings is 1. The van der Waals surface area contributed by atoms with Crippen LogP contribution in [0.15, 0.2) is 76.4 Å². The van der Waals surface area contributed by atoms with Gasteiger partial charge in [0.15, 0.2) is 0 Å². The number of hydrazone groups is 1. The monoisotopic (exact) mass is 498 g/mol. The number of hydrogen-bond acceptors (Lipinski definition) is 5. The van der Waals surface area contributed by atoms with Gasteiger partial charge in [-0.15, -0.1) is 11.3 Å². The Hall–Kier alpha value is -2.61. The van der Waals surface area contributed by atoms with Gasteiger partial charge in [-0.3, -0.25) is 0 Å². The van der Waals surface area contributed by atoms with Crippen LogP contribution in [0.4, 0.5) is 0 Å². The molecule has 2 aromatic carbocycles. The minimum atomic E-state index is -0.0632. The Morgan fingerprint density at radius 3 is 2.73 bits per heavy atom. The van der Waals surface area contributed by atoms with Crippen molar-refractivity contribution in [2.75, 3.05) is 0 Å². The van der Waals surface area contributed by atoms with Gasteiger partial charge in [0.25, 0.3) is 0 Å². The minimum Gasteiger partial charge on any atom is -0.507 e. The Labute approximate surface area is 190 Å². The molecular formula is C22H16BrClN4OS. The van der Waals surface area contributed by atoms with Crippen LogP contribution in [0.2, 0.25) is 4.34 Å². The zero-order valence-electron chi connectivity index (χ0n) is 15.6. The van der Waals surface area contributed by atoms with Gasteiger partial charge in [-0.1, -0.05) is 45.7 Å². The van der Waals surface area contributed by atoms with E-state index >= 15 is 0 Å². The first-order chi connectivity index (χ1) is 14.6. The number of aromatic nitrogens is 2. The van der Waals surface area contributed by atoms with Gasteiger partial charge in [-0.2, -0.15) is 10.2 Å². The highest BCUT2D eigenvalue weighted by Crippen LogP contribution is 2.38. The smallest absolute Gasteiger partial charge is 0.124 e. The molecule has 1 atom stereocenters. The highest BCUT2D eigenvalue weighted by Gasteiger charge is 2.28. The van der Waals surface area contributed by atoms with E-state index in [1.54, 1.807) is 6.07 Å². The Bertz CT molecular complexity index is 1250. The third kappa shape index (κ3) is 3.64. The van der Waals surface area contributed by atoms with Crippen LogP contribution in [0, 0.1) is 0 Å². The van der Waals surface area contributed by atoms with Gasteiger partial charge in [-0.05, 0) is 42.5 Å². The van der Waals surface area contributed by atoms with Crippen LogP contribution in [0.3, 0.4) is 0 Å². The average Bonchev–Trinajstić information content (AvgIpc) is 3.49. The summed E-state index contributed by atoms with van der Waals surface area (Å²) in [5, 5.41) is 19.7. The van der Waals surface area contributed by atoms with E-state index in [2.05, 4.69) is 26.5 Å². The number of aromatic hydroxyl groups is 1. The SMILES string of the molecule is Oc1ccc(Br)cc1C1=NNC(c2cn(-c3ccccc3)nc2-c2ccc(Cl)s2)C1. The lowest BCUT2D eigenvalue weighted by Crippen LogP contribution is -2.10. The summed E-state index contributed by atoms with van der Waals surface area (Å²) in [5.74, 6) is 0.213. The number of benzene rings is 2. The van der Waals surface area contributed by atoms with Crippen molar-refractivity contribution in [3.05, 3.63) is 86.8 Å². The fraction of sp³-hybridized carbons (Fsp3) is 0.0909. The molecule has 2 N–H and O–H groups in total. The molecule has 30 heavy (non-hydrogen) atoms. The van der Waals surface area contributed by atoms with Crippen molar-refractivity contribution in [1.29, 1.82) is 0 Å². The molecule has 150 valence electrons. The summed E-state index contributed by atoms with van der Waals surface area (Å²) in [7, 11) is 0. The molecule has 0 saturated carbocycles. The number of phenolic OH excluding ortho intramolecular Hbond substituents is 1. The number of phenols is 1. The van der Waals surface area contributed by atoms with E-state index in [9.17, 15) is 5.11 Å². The van der Waals surface area contributed by atoms with Crippen LogP contribution >= 0.6 is 38.9 Å². The second-order valence-corrected chi connectivity index (χ2v) is 9.55. The fourth-order valence-electron chi connectivity index (χ4n) is 3.52. The molecule has 5 rings (SSSR count). The van der Waals surface area contributed by atoms with E-state index in [4.69, 9.17) is 16.7 Å². The molecule has 0 radical (unpaired) electrons. The van der Waals surface area contributed by atoms with Gasteiger partial charge in [-0.25, -0.2) is 4.68 Å². The quantitative estimate of drug-likeness (QED) is 0.353. The number of nitrogens with one attached hydrogen (secondary N) is 1. The van der Waals surface area contributed by atoms with Gasteiger partial charge in [0.05, 0.1) is 26.7 Å². The number of nitrogens with zero attached hydrogens (tertiary/aromatic N) is 3. The number of hydrogen-bond donors (Lipinski definition) is 2. The molecule has 0 spiro atoms. The molecular weight excluding hydrogens is 484 g/mol. The molecule has 0 aliphatic carbocycles. The van der Waals surface area contributed by atoms with E-state index in [1.165, 1.54) is 11.3 Å². The average molecular weight is 500 g/mol. The molecule has 0 bridgehead atoms. The van der Waals surface area contributed by atoms with Crippen molar-refractivity contribution in [3.63, 3.8) is 0 Å². The first kappa shape index (κ1) is 19.4. The molecule has 2 aromatic heterocycles. The number of rotatable bonds is 4. The van der Waals surface area contributed by atoms with Gasteiger partial charge in [0, 0.05) is 28.2 Å². The second kappa shape index (κ2) is 7.91. The summed E-state index contributed by atoms with van der Waals surface area (Å²) in [4.78, 5) is 1.00. The largest absolute Gasteiger partial charge is 0.507 e. The van der Waals surface area contributed by atoms with Crippen LogP contribution in [-0.4, -0.2) is 20.6 Å². The van der Waals surface area contributed by atoms with E-state index in [-0.39, 0.29) is 11.8 Å². The highest BCUT2D eigenvalue weighted by molar-refractivity contribution is 9.10. The predicted molar refractivity (Wildman–Crippen MR) is 125 cm³/mol. The summed E-state index contributed by atoms with van der Waals surface area (Å²) in [5.41, 5.74) is 7.65. The summed E-state index contributed by atoms with van der Waals surface area (Å²) < 4.78 is 3.50. The molecule has 3 heterocycles. The lowest BCUT2D eigenvalue weighted by atomic mass is 9.98. The van der Waals surface area contributed by atoms with Crippen LogP contribution in [0.25, 0.3) is 16.3 Å². The maximum atomic E-state index is 10.3. The minimum absolute atomic E-state index is 0.0632. The fourth-order valence-corrected chi connectivity index (χ4v) is 4.93. The van der Waals surface area contributed by atoms with Gasteiger partial charge in [0.1, 0.15) is 11.4 Å². The van der Waals surface area contributed by atoms with Crippen molar-refractivity contribution >= 4 is 44.6 Å². The van der Waals surface area contributed by atoms with Crippen molar-refractivity contribution in [3.8, 4) is 22.0 Å². The maximum Gasteiger partial charge on any atom is 0.124 e. The molecule has 0 saturated heterocycles. The number of halogens is 2. The Morgan fingerprint density at radius 2 is 1.97 bits per heavy atom. The van der Waals surface area contributed by atoms with E-state index < -0.39 is 0 Å². The highest BCUT2D eigenvalue weighted by atomic mass is 79.9. The standard InChI is InChI=1S/C22H16BrClN4OS/c23-13-6-7-19(29)15(10-13)17-11-18(26-25-17)16-12-28(14-4-2-1-3-5-14)27-22(16)20-8-9-21(24)30-20/h1-10,12,18,26,29H,11H2. The molecule has 5 nitrogen and oxygen atoms in total. The first-order valence-electron chi connectivity index (χ1n) is 9.30. The van der Waals surface area contributed by atoms with Crippen LogP contribution in [0.1, 0.15) is 23.6 Å². The normalized spacial score (nSPS) is 15.8. The second-order valence-electron chi connectivity index (χ2n) is 6.92. The Balaban J connectivity index is 1.52. The third-order valence-electron chi connectivity index (χ3n) is 4.97. The molecule has 1 aliphatic heterocycles. The van der Waals surface area contributed by atoms with E-state index in [1.807, 2.05) is 65.5 Å². The molecule has 8 heteroatoms. The maximum absolute atomic E-state index is 10.3. The van der Waals surface area contributed by atoms with Crippen LogP contribution in [-0.2, 0) is 0 Å². The molecule has 1 aliphatic rings. The van der Waals surface area contributed by atoms with Crippen LogP contribution < -0.4 is 5.43 Å². The molecule has 4 aromatic rings. The van der Waals surface area contributed by atoms with Crippen LogP contribution in [0.5, 0.6) is 5.75 Å². The zero-order valence-corrected chi connectivity index (χ0v) is 18.7. The van der Waals surface area contributed by atoms with Crippen molar-refractivity contribution in [2.24, 2.45) is 5.10 Å². The summed E-state index contributed by atoms with van der Waals surface area (Å²) in [6.45, 7) is 0.